The summed E-state index contributed by atoms with van der Waals surface area (Å²) in [5.41, 5.74) is -0.942. The Morgan fingerprint density at radius 2 is 2.00 bits per heavy atom. The van der Waals surface area contributed by atoms with Gasteiger partial charge in [0.25, 0.3) is 5.69 Å². The van der Waals surface area contributed by atoms with Crippen LogP contribution in [0.25, 0.3) is 0 Å². The fourth-order valence-electron chi connectivity index (χ4n) is 1.55. The molecule has 1 aromatic heterocycles. The number of aromatic nitrogens is 2. The first-order chi connectivity index (χ1) is 9.77. The second-order valence-electron chi connectivity index (χ2n) is 4.03. The molecule has 0 N–H and O–H groups in total. The molecule has 0 spiro atoms. The minimum Gasteiger partial charge on any atom is -0.424 e. The molecule has 0 aliphatic heterocycles. The molecule has 21 heavy (non-hydrogen) atoms. The molecule has 110 valence electrons. The fraction of sp³-hybridized carbons (Fsp3) is 0.167. The highest BCUT2D eigenvalue weighted by molar-refractivity contribution is 5.44. The molecule has 0 atom stereocenters. The molecule has 0 aliphatic carbocycles. The van der Waals surface area contributed by atoms with Crippen molar-refractivity contribution in [3.05, 3.63) is 51.8 Å². The Morgan fingerprint density at radius 3 is 2.57 bits per heavy atom. The second-order valence-corrected chi connectivity index (χ2v) is 4.03. The van der Waals surface area contributed by atoms with E-state index in [1.165, 1.54) is 25.1 Å². The maximum absolute atomic E-state index is 12.5. The number of rotatable bonds is 3. The van der Waals surface area contributed by atoms with Gasteiger partial charge in [0.15, 0.2) is 5.69 Å². The highest BCUT2D eigenvalue weighted by atomic mass is 19.4. The monoisotopic (exact) mass is 299 g/mol. The molecule has 0 unspecified atom stereocenters. The molecule has 0 fully saturated rings. The van der Waals surface area contributed by atoms with Gasteiger partial charge in [-0.25, -0.2) is 4.98 Å². The highest BCUT2D eigenvalue weighted by Gasteiger charge is 2.33. The minimum absolute atomic E-state index is 0.109. The standard InChI is InChI=1S/C12H8F3N3O3/c1-7-6-8(2-3-9(7)18(19)20)21-11-16-5-4-10(17-11)12(13,14)15/h2-6H,1H3. The molecule has 6 nitrogen and oxygen atoms in total. The highest BCUT2D eigenvalue weighted by Crippen LogP contribution is 2.29. The number of alkyl halides is 3. The van der Waals surface area contributed by atoms with Gasteiger partial charge in [0.1, 0.15) is 5.75 Å². The van der Waals surface area contributed by atoms with E-state index < -0.39 is 22.8 Å². The summed E-state index contributed by atoms with van der Waals surface area (Å²) < 4.78 is 42.6. The maximum Gasteiger partial charge on any atom is 0.433 e. The lowest BCUT2D eigenvalue weighted by molar-refractivity contribution is -0.385. The van der Waals surface area contributed by atoms with Gasteiger partial charge in [0.2, 0.25) is 0 Å². The van der Waals surface area contributed by atoms with Crippen molar-refractivity contribution in [2.24, 2.45) is 0 Å². The smallest absolute Gasteiger partial charge is 0.424 e. The van der Waals surface area contributed by atoms with Crippen molar-refractivity contribution in [2.45, 2.75) is 13.1 Å². The third-order valence-corrected chi connectivity index (χ3v) is 2.50. The van der Waals surface area contributed by atoms with Crippen molar-refractivity contribution in [1.29, 1.82) is 0 Å². The first-order valence-electron chi connectivity index (χ1n) is 5.60. The predicted octanol–water partition coefficient (Wildman–Crippen LogP) is 3.50. The molecule has 0 aliphatic rings. The Morgan fingerprint density at radius 1 is 1.29 bits per heavy atom. The van der Waals surface area contributed by atoms with E-state index in [4.69, 9.17) is 4.74 Å². The third kappa shape index (κ3) is 3.44. The van der Waals surface area contributed by atoms with Crippen LogP contribution < -0.4 is 4.74 Å². The number of ether oxygens (including phenoxy) is 1. The van der Waals surface area contributed by atoms with Gasteiger partial charge in [0, 0.05) is 17.8 Å². The van der Waals surface area contributed by atoms with Crippen LogP contribution in [0.5, 0.6) is 11.8 Å². The molecule has 2 rings (SSSR count). The van der Waals surface area contributed by atoms with Crippen molar-refractivity contribution < 1.29 is 22.8 Å². The topological polar surface area (TPSA) is 78.2 Å². The summed E-state index contributed by atoms with van der Waals surface area (Å²) in [5.74, 6) is 0.109. The second kappa shape index (κ2) is 5.35. The van der Waals surface area contributed by atoms with Gasteiger partial charge in [-0.3, -0.25) is 10.1 Å². The zero-order valence-electron chi connectivity index (χ0n) is 10.6. The molecule has 9 heteroatoms. The molecule has 0 saturated heterocycles. The number of aryl methyl sites for hydroxylation is 1. The van der Waals surface area contributed by atoms with Crippen LogP contribution in [0.15, 0.2) is 30.5 Å². The molecule has 1 heterocycles. The summed E-state index contributed by atoms with van der Waals surface area (Å²) >= 11 is 0. The molecular weight excluding hydrogens is 291 g/mol. The number of nitro benzene ring substituents is 1. The number of benzene rings is 1. The average molecular weight is 299 g/mol. The number of hydrogen-bond acceptors (Lipinski definition) is 5. The molecule has 0 radical (unpaired) electrons. The van der Waals surface area contributed by atoms with Crippen LogP contribution >= 0.6 is 0 Å². The van der Waals surface area contributed by atoms with E-state index >= 15 is 0 Å². The Labute approximate surface area is 116 Å². The number of nitro groups is 1. The third-order valence-electron chi connectivity index (χ3n) is 2.50. The van der Waals surface area contributed by atoms with Crippen molar-refractivity contribution in [1.82, 2.24) is 9.97 Å². The zero-order valence-corrected chi connectivity index (χ0v) is 10.6. The average Bonchev–Trinajstić information content (AvgIpc) is 2.37. The summed E-state index contributed by atoms with van der Waals surface area (Å²) in [4.78, 5) is 16.9. The largest absolute Gasteiger partial charge is 0.433 e. The summed E-state index contributed by atoms with van der Waals surface area (Å²) in [6.07, 6.45) is -3.68. The van der Waals surface area contributed by atoms with Crippen LogP contribution in [-0.2, 0) is 6.18 Å². The van der Waals surface area contributed by atoms with E-state index in [0.717, 1.165) is 6.20 Å². The van der Waals surface area contributed by atoms with Gasteiger partial charge in [-0.2, -0.15) is 18.2 Å². The van der Waals surface area contributed by atoms with E-state index in [1.54, 1.807) is 0 Å². The van der Waals surface area contributed by atoms with Crippen LogP contribution in [0.3, 0.4) is 0 Å². The SMILES string of the molecule is Cc1cc(Oc2nccc(C(F)(F)F)n2)ccc1[N+](=O)[O-]. The van der Waals surface area contributed by atoms with Crippen molar-refractivity contribution in [2.75, 3.05) is 0 Å². The number of hydrogen-bond donors (Lipinski definition) is 0. The summed E-state index contributed by atoms with van der Waals surface area (Å²) in [6.45, 7) is 1.48. The zero-order chi connectivity index (χ0) is 15.6. The predicted molar refractivity (Wildman–Crippen MR) is 64.9 cm³/mol. The van der Waals surface area contributed by atoms with Crippen molar-refractivity contribution in [3.63, 3.8) is 0 Å². The molecule has 1 aromatic carbocycles. The lowest BCUT2D eigenvalue weighted by atomic mass is 10.2. The van der Waals surface area contributed by atoms with Gasteiger partial charge in [-0.15, -0.1) is 0 Å². The van der Waals surface area contributed by atoms with Gasteiger partial charge in [-0.1, -0.05) is 0 Å². The molecular formula is C12H8F3N3O3. The van der Waals surface area contributed by atoms with Gasteiger partial charge in [0.05, 0.1) is 4.92 Å². The quantitative estimate of drug-likeness (QED) is 0.640. The molecule has 0 bridgehead atoms. The van der Waals surface area contributed by atoms with Gasteiger partial charge >= 0.3 is 12.2 Å². The first kappa shape index (κ1) is 14.7. The molecule has 0 saturated carbocycles. The molecule has 2 aromatic rings. The van der Waals surface area contributed by atoms with E-state index in [0.29, 0.717) is 11.6 Å². The minimum atomic E-state index is -4.60. The van der Waals surface area contributed by atoms with Gasteiger partial charge in [-0.05, 0) is 25.1 Å². The number of nitrogens with zero attached hydrogens (tertiary/aromatic N) is 3. The molecule has 0 amide bonds. The lowest BCUT2D eigenvalue weighted by Gasteiger charge is -2.08. The first-order valence-corrected chi connectivity index (χ1v) is 5.60. The van der Waals surface area contributed by atoms with Crippen LogP contribution in [0.1, 0.15) is 11.3 Å². The fourth-order valence-corrected chi connectivity index (χ4v) is 1.55. The summed E-state index contributed by atoms with van der Waals surface area (Å²) in [7, 11) is 0. The van der Waals surface area contributed by atoms with E-state index in [-0.39, 0.29) is 11.4 Å². The normalized spacial score (nSPS) is 11.2. The van der Waals surface area contributed by atoms with Crippen LogP contribution in [0, 0.1) is 17.0 Å². The van der Waals surface area contributed by atoms with Crippen molar-refractivity contribution in [3.8, 4) is 11.8 Å². The van der Waals surface area contributed by atoms with Crippen LogP contribution in [0.4, 0.5) is 18.9 Å². The summed E-state index contributed by atoms with van der Waals surface area (Å²) in [5, 5.41) is 10.7. The maximum atomic E-state index is 12.5. The summed E-state index contributed by atoms with van der Waals surface area (Å²) in [6, 6.07) is 4.00. The van der Waals surface area contributed by atoms with Gasteiger partial charge < -0.3 is 4.74 Å². The van der Waals surface area contributed by atoms with Crippen LogP contribution in [0.2, 0.25) is 0 Å². The Kier molecular flexibility index (Phi) is 3.74. The van der Waals surface area contributed by atoms with E-state index in [9.17, 15) is 23.3 Å². The Hall–Kier alpha value is -2.71. The Balaban J connectivity index is 2.27. The lowest BCUT2D eigenvalue weighted by Crippen LogP contribution is -2.08. The number of halogens is 3. The van der Waals surface area contributed by atoms with Crippen LogP contribution in [-0.4, -0.2) is 14.9 Å². The van der Waals surface area contributed by atoms with E-state index in [2.05, 4.69) is 9.97 Å². The van der Waals surface area contributed by atoms with Crippen molar-refractivity contribution >= 4 is 5.69 Å². The Bertz CT molecular complexity index is 689. The van der Waals surface area contributed by atoms with E-state index in [1.807, 2.05) is 0 Å².